The van der Waals surface area contributed by atoms with Gasteiger partial charge in [0.2, 0.25) is 5.95 Å². The Balaban J connectivity index is 1.97. The topological polar surface area (TPSA) is 41.0 Å². The molecule has 1 fully saturated rings. The molecule has 0 atom stereocenters. The molecule has 0 aromatic carbocycles. The number of halogens is 1. The van der Waals surface area contributed by atoms with Gasteiger partial charge in [0.25, 0.3) is 0 Å². The maximum Gasteiger partial charge on any atom is 0.225 e. The smallest absolute Gasteiger partial charge is 0.225 e. The zero-order valence-corrected chi connectivity index (χ0v) is 11.8. The maximum absolute atomic E-state index is 4.37. The predicted molar refractivity (Wildman–Crippen MR) is 73.2 cm³/mol. The summed E-state index contributed by atoms with van der Waals surface area (Å²) in [6, 6.07) is 0. The summed E-state index contributed by atoms with van der Waals surface area (Å²) in [6.45, 7) is 6.48. The first-order valence-corrected chi connectivity index (χ1v) is 7.02. The largest absolute Gasteiger partial charge is 0.341 e. The van der Waals surface area contributed by atoms with Gasteiger partial charge in [-0.2, -0.15) is 0 Å². The second-order valence-corrected chi connectivity index (χ2v) is 5.35. The fourth-order valence-corrected chi connectivity index (χ4v) is 2.40. The summed E-state index contributed by atoms with van der Waals surface area (Å²) >= 11 is 3.36. The van der Waals surface area contributed by atoms with Gasteiger partial charge in [-0.1, -0.05) is 0 Å². The Kier molecular flexibility index (Phi) is 4.74. The third-order valence-electron chi connectivity index (χ3n) is 3.21. The minimum atomic E-state index is 0.767. The van der Waals surface area contributed by atoms with Crippen LogP contribution >= 0.6 is 15.9 Å². The van der Waals surface area contributed by atoms with Gasteiger partial charge in [0.15, 0.2) is 0 Å². The number of aromatic nitrogens is 2. The van der Waals surface area contributed by atoms with Crippen molar-refractivity contribution in [2.75, 3.05) is 31.1 Å². The number of nitrogens with zero attached hydrogens (tertiary/aromatic N) is 3. The highest BCUT2D eigenvalue weighted by Crippen LogP contribution is 2.17. The highest BCUT2D eigenvalue weighted by molar-refractivity contribution is 9.10. The lowest BCUT2D eigenvalue weighted by molar-refractivity contribution is 0.373. The van der Waals surface area contributed by atoms with E-state index in [9.17, 15) is 0 Å². The first kappa shape index (κ1) is 12.8. The molecule has 94 valence electrons. The van der Waals surface area contributed by atoms with E-state index in [1.807, 2.05) is 12.4 Å². The van der Waals surface area contributed by atoms with Crippen molar-refractivity contribution < 1.29 is 0 Å². The van der Waals surface area contributed by atoms with Crippen LogP contribution in [-0.2, 0) is 0 Å². The van der Waals surface area contributed by atoms with Gasteiger partial charge in [-0.3, -0.25) is 0 Å². The van der Waals surface area contributed by atoms with Gasteiger partial charge in [0.05, 0.1) is 4.47 Å². The third kappa shape index (κ3) is 3.64. The third-order valence-corrected chi connectivity index (χ3v) is 3.62. The molecule has 0 bridgehead atoms. The molecule has 1 aromatic heterocycles. The molecule has 1 N–H and O–H groups in total. The van der Waals surface area contributed by atoms with Crippen LogP contribution in [0.1, 0.15) is 19.8 Å². The average Bonchev–Trinajstić information content (AvgIpc) is 2.38. The van der Waals surface area contributed by atoms with Crippen LogP contribution in [0.4, 0.5) is 5.95 Å². The second kappa shape index (κ2) is 6.31. The SMILES string of the molecule is CCN(CC1CCNCC1)c1ncc(Br)cn1. The fraction of sp³-hybridized carbons (Fsp3) is 0.667. The van der Waals surface area contributed by atoms with E-state index in [0.717, 1.165) is 42.5 Å². The molecule has 2 heterocycles. The van der Waals surface area contributed by atoms with Crippen LogP contribution in [0.25, 0.3) is 0 Å². The molecule has 5 heteroatoms. The zero-order valence-electron chi connectivity index (χ0n) is 10.2. The summed E-state index contributed by atoms with van der Waals surface area (Å²) in [4.78, 5) is 11.0. The van der Waals surface area contributed by atoms with E-state index < -0.39 is 0 Å². The number of anilines is 1. The van der Waals surface area contributed by atoms with Gasteiger partial charge in [-0.05, 0) is 54.7 Å². The maximum atomic E-state index is 4.37. The molecule has 0 aliphatic carbocycles. The summed E-state index contributed by atoms with van der Waals surface area (Å²) < 4.78 is 0.930. The second-order valence-electron chi connectivity index (χ2n) is 4.43. The van der Waals surface area contributed by atoms with Crippen LogP contribution in [0.3, 0.4) is 0 Å². The Labute approximate surface area is 111 Å². The molecule has 1 aromatic rings. The van der Waals surface area contributed by atoms with Crippen LogP contribution in [0.2, 0.25) is 0 Å². The highest BCUT2D eigenvalue weighted by Gasteiger charge is 2.17. The monoisotopic (exact) mass is 298 g/mol. The molecule has 17 heavy (non-hydrogen) atoms. The van der Waals surface area contributed by atoms with E-state index in [2.05, 4.69) is 43.0 Å². The minimum Gasteiger partial charge on any atom is -0.341 e. The van der Waals surface area contributed by atoms with Crippen LogP contribution in [0.15, 0.2) is 16.9 Å². The van der Waals surface area contributed by atoms with Crippen molar-refractivity contribution in [2.24, 2.45) is 5.92 Å². The molecule has 1 aliphatic rings. The standard InChI is InChI=1S/C12H19BrN4/c1-2-17(9-10-3-5-14-6-4-10)12-15-7-11(13)8-16-12/h7-8,10,14H,2-6,9H2,1H3. The van der Waals surface area contributed by atoms with Crippen molar-refractivity contribution in [3.63, 3.8) is 0 Å². The number of rotatable bonds is 4. The van der Waals surface area contributed by atoms with Crippen molar-refractivity contribution >= 4 is 21.9 Å². The number of hydrogen-bond acceptors (Lipinski definition) is 4. The Morgan fingerprint density at radius 1 is 1.35 bits per heavy atom. The molecule has 0 radical (unpaired) electrons. The Hall–Kier alpha value is -0.680. The average molecular weight is 299 g/mol. The molecular formula is C12H19BrN4. The van der Waals surface area contributed by atoms with Gasteiger partial charge < -0.3 is 10.2 Å². The van der Waals surface area contributed by atoms with E-state index in [-0.39, 0.29) is 0 Å². The molecule has 2 rings (SSSR count). The zero-order chi connectivity index (χ0) is 12.1. The quantitative estimate of drug-likeness (QED) is 0.924. The molecule has 0 unspecified atom stereocenters. The Morgan fingerprint density at radius 2 is 2.00 bits per heavy atom. The molecular weight excluding hydrogens is 280 g/mol. The number of nitrogens with one attached hydrogen (secondary N) is 1. The van der Waals surface area contributed by atoms with E-state index in [1.165, 1.54) is 12.8 Å². The van der Waals surface area contributed by atoms with E-state index in [1.54, 1.807) is 0 Å². The van der Waals surface area contributed by atoms with Gasteiger partial charge >= 0.3 is 0 Å². The van der Waals surface area contributed by atoms with Gasteiger partial charge in [0.1, 0.15) is 0 Å². The lowest BCUT2D eigenvalue weighted by Crippen LogP contribution is -2.36. The summed E-state index contributed by atoms with van der Waals surface area (Å²) in [5, 5.41) is 3.40. The van der Waals surface area contributed by atoms with Crippen molar-refractivity contribution in [3.8, 4) is 0 Å². The summed E-state index contributed by atoms with van der Waals surface area (Å²) in [5.74, 6) is 1.61. The number of piperidine rings is 1. The molecule has 0 saturated carbocycles. The lowest BCUT2D eigenvalue weighted by Gasteiger charge is -2.29. The van der Waals surface area contributed by atoms with Crippen LogP contribution in [0, 0.1) is 5.92 Å². The van der Waals surface area contributed by atoms with E-state index in [0.29, 0.717) is 0 Å². The van der Waals surface area contributed by atoms with Crippen LogP contribution in [-0.4, -0.2) is 36.1 Å². The predicted octanol–water partition coefficient (Wildman–Crippen LogP) is 2.06. The van der Waals surface area contributed by atoms with Gasteiger partial charge in [-0.25, -0.2) is 9.97 Å². The first-order valence-electron chi connectivity index (χ1n) is 6.22. The van der Waals surface area contributed by atoms with Crippen molar-refractivity contribution in [1.29, 1.82) is 0 Å². The van der Waals surface area contributed by atoms with Crippen molar-refractivity contribution in [3.05, 3.63) is 16.9 Å². The van der Waals surface area contributed by atoms with Gasteiger partial charge in [-0.15, -0.1) is 0 Å². The molecule has 0 amide bonds. The highest BCUT2D eigenvalue weighted by atomic mass is 79.9. The molecule has 1 saturated heterocycles. The van der Waals surface area contributed by atoms with E-state index >= 15 is 0 Å². The lowest BCUT2D eigenvalue weighted by atomic mass is 9.98. The van der Waals surface area contributed by atoms with E-state index in [4.69, 9.17) is 0 Å². The Morgan fingerprint density at radius 3 is 2.59 bits per heavy atom. The minimum absolute atomic E-state index is 0.767. The number of hydrogen-bond donors (Lipinski definition) is 1. The summed E-state index contributed by atoms with van der Waals surface area (Å²) in [6.07, 6.45) is 6.14. The fourth-order valence-electron chi connectivity index (χ4n) is 2.20. The van der Waals surface area contributed by atoms with Gasteiger partial charge in [0, 0.05) is 25.5 Å². The van der Waals surface area contributed by atoms with Crippen LogP contribution in [0.5, 0.6) is 0 Å². The first-order chi connectivity index (χ1) is 8.29. The Bertz CT molecular complexity index is 335. The summed E-state index contributed by atoms with van der Waals surface area (Å²) in [7, 11) is 0. The summed E-state index contributed by atoms with van der Waals surface area (Å²) in [5.41, 5.74) is 0. The molecule has 4 nitrogen and oxygen atoms in total. The molecule has 0 spiro atoms. The van der Waals surface area contributed by atoms with Crippen molar-refractivity contribution in [2.45, 2.75) is 19.8 Å². The normalized spacial score (nSPS) is 17.1. The van der Waals surface area contributed by atoms with Crippen molar-refractivity contribution in [1.82, 2.24) is 15.3 Å². The van der Waals surface area contributed by atoms with Crippen LogP contribution < -0.4 is 10.2 Å². The molecule has 1 aliphatic heterocycles.